The Morgan fingerprint density at radius 3 is 2.21 bits per heavy atom. The van der Waals surface area contributed by atoms with Crippen LogP contribution in [0.1, 0.15) is 15.9 Å². The van der Waals surface area contributed by atoms with Gasteiger partial charge in [-0.3, -0.25) is 9.10 Å². The van der Waals surface area contributed by atoms with Crippen molar-refractivity contribution >= 4 is 43.2 Å². The highest BCUT2D eigenvalue weighted by molar-refractivity contribution is 9.10. The number of carbonyl (C=O) groups is 1. The number of aryl methyl sites for hydroxylation is 1. The molecule has 28 heavy (non-hydrogen) atoms. The van der Waals surface area contributed by atoms with Gasteiger partial charge in [-0.25, -0.2) is 8.42 Å². The molecule has 0 heterocycles. The van der Waals surface area contributed by atoms with Gasteiger partial charge in [-0.05, 0) is 67.1 Å². The molecule has 3 aromatic carbocycles. The van der Waals surface area contributed by atoms with Gasteiger partial charge in [0.15, 0.2) is 0 Å². The summed E-state index contributed by atoms with van der Waals surface area (Å²) < 4.78 is 27.8. The van der Waals surface area contributed by atoms with Gasteiger partial charge in [-0.2, -0.15) is 0 Å². The first-order valence-corrected chi connectivity index (χ1v) is 10.7. The van der Waals surface area contributed by atoms with Gasteiger partial charge in [-0.1, -0.05) is 34.1 Å². The molecule has 0 unspecified atom stereocenters. The zero-order chi connectivity index (χ0) is 20.3. The molecule has 144 valence electrons. The Labute approximate surface area is 173 Å². The second-order valence-corrected chi connectivity index (χ2v) is 9.13. The number of benzene rings is 3. The monoisotopic (exact) mass is 458 g/mol. The second kappa shape index (κ2) is 8.16. The minimum Gasteiger partial charge on any atom is -0.322 e. The summed E-state index contributed by atoms with van der Waals surface area (Å²) in [7, 11) is -2.21. The fraction of sp³-hybridized carbons (Fsp3) is 0.0952. The van der Waals surface area contributed by atoms with Gasteiger partial charge in [0.2, 0.25) is 0 Å². The van der Waals surface area contributed by atoms with Crippen molar-refractivity contribution in [2.24, 2.45) is 0 Å². The normalized spacial score (nSPS) is 11.1. The third kappa shape index (κ3) is 4.26. The van der Waals surface area contributed by atoms with Crippen LogP contribution >= 0.6 is 15.9 Å². The Kier molecular flexibility index (Phi) is 5.86. The van der Waals surface area contributed by atoms with E-state index >= 15 is 0 Å². The molecule has 0 radical (unpaired) electrons. The highest BCUT2D eigenvalue weighted by Crippen LogP contribution is 2.23. The highest BCUT2D eigenvalue weighted by Gasteiger charge is 2.21. The van der Waals surface area contributed by atoms with Crippen LogP contribution in [0, 0.1) is 6.92 Å². The minimum atomic E-state index is -3.71. The summed E-state index contributed by atoms with van der Waals surface area (Å²) in [6.45, 7) is 1.90. The van der Waals surface area contributed by atoms with Crippen LogP contribution in [0.5, 0.6) is 0 Å². The number of rotatable bonds is 5. The van der Waals surface area contributed by atoms with Crippen LogP contribution in [0.25, 0.3) is 0 Å². The number of halogens is 1. The topological polar surface area (TPSA) is 66.5 Å². The lowest BCUT2D eigenvalue weighted by atomic mass is 10.1. The van der Waals surface area contributed by atoms with Crippen molar-refractivity contribution in [2.75, 3.05) is 16.7 Å². The highest BCUT2D eigenvalue weighted by atomic mass is 79.9. The number of carbonyl (C=O) groups excluding carboxylic acids is 1. The van der Waals surface area contributed by atoms with E-state index in [2.05, 4.69) is 21.2 Å². The molecule has 0 fully saturated rings. The van der Waals surface area contributed by atoms with Gasteiger partial charge in [0, 0.05) is 22.8 Å². The van der Waals surface area contributed by atoms with E-state index in [9.17, 15) is 13.2 Å². The number of amides is 1. The van der Waals surface area contributed by atoms with Crippen LogP contribution in [-0.4, -0.2) is 21.4 Å². The lowest BCUT2D eigenvalue weighted by molar-refractivity contribution is 0.102. The number of sulfonamides is 1. The molecule has 5 nitrogen and oxygen atoms in total. The first-order valence-electron chi connectivity index (χ1n) is 8.50. The predicted octanol–water partition coefficient (Wildman–Crippen LogP) is 4.83. The van der Waals surface area contributed by atoms with Crippen LogP contribution in [-0.2, 0) is 10.0 Å². The van der Waals surface area contributed by atoms with Crippen LogP contribution < -0.4 is 9.62 Å². The maximum absolute atomic E-state index is 12.8. The zero-order valence-electron chi connectivity index (χ0n) is 15.4. The molecule has 0 aliphatic rings. The van der Waals surface area contributed by atoms with Crippen LogP contribution in [0.2, 0.25) is 0 Å². The largest absolute Gasteiger partial charge is 0.322 e. The molecule has 7 heteroatoms. The molecule has 0 atom stereocenters. The van der Waals surface area contributed by atoms with Crippen molar-refractivity contribution in [3.63, 3.8) is 0 Å². The van der Waals surface area contributed by atoms with Gasteiger partial charge >= 0.3 is 0 Å². The van der Waals surface area contributed by atoms with E-state index in [0.717, 1.165) is 10.0 Å². The lowest BCUT2D eigenvalue weighted by Gasteiger charge is -2.19. The standard InChI is InChI=1S/C21H19BrN2O3S/c1-15-14-17(22)10-13-20(15)23-21(25)16-8-11-19(12-9-16)28(26,27)24(2)18-6-4-3-5-7-18/h3-14H,1-2H3,(H,23,25). The Hall–Kier alpha value is -2.64. The summed E-state index contributed by atoms with van der Waals surface area (Å²) in [4.78, 5) is 12.6. The first kappa shape index (κ1) is 20.1. The Morgan fingerprint density at radius 1 is 0.964 bits per heavy atom. The van der Waals surface area contributed by atoms with E-state index < -0.39 is 10.0 Å². The molecule has 1 N–H and O–H groups in total. The van der Waals surface area contributed by atoms with Crippen molar-refractivity contribution < 1.29 is 13.2 Å². The molecule has 0 bridgehead atoms. The van der Waals surface area contributed by atoms with E-state index in [1.807, 2.05) is 31.2 Å². The molecule has 0 aliphatic carbocycles. The molecule has 3 aromatic rings. The lowest BCUT2D eigenvalue weighted by Crippen LogP contribution is -2.26. The fourth-order valence-corrected chi connectivity index (χ4v) is 4.35. The van der Waals surface area contributed by atoms with Gasteiger partial charge in [0.1, 0.15) is 0 Å². The fourth-order valence-electron chi connectivity index (χ4n) is 2.67. The number of hydrogen-bond donors (Lipinski definition) is 1. The number of hydrogen-bond acceptors (Lipinski definition) is 3. The van der Waals surface area contributed by atoms with Gasteiger partial charge < -0.3 is 5.32 Å². The van der Waals surface area contributed by atoms with E-state index in [0.29, 0.717) is 16.9 Å². The van der Waals surface area contributed by atoms with Crippen molar-refractivity contribution in [3.8, 4) is 0 Å². The average Bonchev–Trinajstić information content (AvgIpc) is 2.70. The second-order valence-electron chi connectivity index (χ2n) is 6.25. The Bertz CT molecular complexity index is 1100. The van der Waals surface area contributed by atoms with E-state index in [1.54, 1.807) is 24.3 Å². The summed E-state index contributed by atoms with van der Waals surface area (Å²) >= 11 is 3.39. The molecular weight excluding hydrogens is 440 g/mol. The SMILES string of the molecule is Cc1cc(Br)ccc1NC(=O)c1ccc(S(=O)(=O)N(C)c2ccccc2)cc1. The quantitative estimate of drug-likeness (QED) is 0.594. The summed E-state index contributed by atoms with van der Waals surface area (Å²) in [6, 6.07) is 20.3. The molecule has 0 saturated carbocycles. The predicted molar refractivity (Wildman–Crippen MR) is 115 cm³/mol. The Balaban J connectivity index is 1.80. The van der Waals surface area contributed by atoms with Crippen LogP contribution in [0.15, 0.2) is 82.2 Å². The third-order valence-electron chi connectivity index (χ3n) is 4.33. The maximum Gasteiger partial charge on any atom is 0.264 e. The van der Waals surface area contributed by atoms with E-state index in [1.165, 1.54) is 35.6 Å². The average molecular weight is 459 g/mol. The molecular formula is C21H19BrN2O3S. The molecule has 0 aliphatic heterocycles. The van der Waals surface area contributed by atoms with Gasteiger partial charge in [0.25, 0.3) is 15.9 Å². The summed E-state index contributed by atoms with van der Waals surface area (Å²) in [5.41, 5.74) is 2.57. The van der Waals surface area contributed by atoms with Gasteiger partial charge in [0.05, 0.1) is 10.6 Å². The molecule has 1 amide bonds. The number of nitrogens with zero attached hydrogens (tertiary/aromatic N) is 1. The third-order valence-corrected chi connectivity index (χ3v) is 6.62. The van der Waals surface area contributed by atoms with E-state index in [-0.39, 0.29) is 10.8 Å². The van der Waals surface area contributed by atoms with Crippen LogP contribution in [0.3, 0.4) is 0 Å². The Morgan fingerprint density at radius 2 is 1.61 bits per heavy atom. The maximum atomic E-state index is 12.8. The molecule has 0 saturated heterocycles. The first-order chi connectivity index (χ1) is 13.3. The molecule has 0 aromatic heterocycles. The van der Waals surface area contributed by atoms with Crippen molar-refractivity contribution in [1.29, 1.82) is 0 Å². The number of nitrogens with one attached hydrogen (secondary N) is 1. The van der Waals surface area contributed by atoms with Crippen molar-refractivity contribution in [1.82, 2.24) is 0 Å². The summed E-state index contributed by atoms with van der Waals surface area (Å²) in [6.07, 6.45) is 0. The van der Waals surface area contributed by atoms with Gasteiger partial charge in [-0.15, -0.1) is 0 Å². The van der Waals surface area contributed by atoms with E-state index in [4.69, 9.17) is 0 Å². The molecule has 3 rings (SSSR count). The summed E-state index contributed by atoms with van der Waals surface area (Å²) in [5.74, 6) is -0.300. The van der Waals surface area contributed by atoms with Crippen molar-refractivity contribution in [3.05, 3.63) is 88.4 Å². The molecule has 0 spiro atoms. The smallest absolute Gasteiger partial charge is 0.264 e. The number of para-hydroxylation sites is 1. The van der Waals surface area contributed by atoms with Crippen LogP contribution in [0.4, 0.5) is 11.4 Å². The minimum absolute atomic E-state index is 0.121. The zero-order valence-corrected chi connectivity index (χ0v) is 17.8. The van der Waals surface area contributed by atoms with Crippen molar-refractivity contribution in [2.45, 2.75) is 11.8 Å². The number of anilines is 2. The summed E-state index contributed by atoms with van der Waals surface area (Å²) in [5, 5.41) is 2.84.